The van der Waals surface area contributed by atoms with E-state index in [1.807, 2.05) is 30.3 Å². The molecule has 0 amide bonds. The van der Waals surface area contributed by atoms with E-state index in [9.17, 15) is 13.2 Å². The fourth-order valence-corrected chi connectivity index (χ4v) is 5.10. The molecule has 0 bridgehead atoms. The van der Waals surface area contributed by atoms with Gasteiger partial charge in [0.1, 0.15) is 16.7 Å². The Hall–Kier alpha value is -4.28. The molecule has 0 aliphatic rings. The van der Waals surface area contributed by atoms with E-state index in [4.69, 9.17) is 21.3 Å². The van der Waals surface area contributed by atoms with E-state index in [0.717, 1.165) is 11.6 Å². The molecular weight excluding hydrogens is 514 g/mol. The molecule has 186 valence electrons. The number of pyridine rings is 2. The molecular formula is C26H20ClN5O4S. The minimum absolute atomic E-state index is 0.00517. The topological polar surface area (TPSA) is 127 Å². The number of methoxy groups -OCH3 is 1. The van der Waals surface area contributed by atoms with Gasteiger partial charge in [-0.15, -0.1) is 0 Å². The van der Waals surface area contributed by atoms with E-state index in [1.165, 1.54) is 31.4 Å². The molecule has 3 aromatic heterocycles. The molecule has 0 saturated carbocycles. The first-order valence-corrected chi connectivity index (χ1v) is 12.9. The van der Waals surface area contributed by atoms with Crippen molar-refractivity contribution in [2.75, 3.05) is 11.8 Å². The molecule has 0 fully saturated rings. The zero-order chi connectivity index (χ0) is 26.2. The van der Waals surface area contributed by atoms with Gasteiger partial charge >= 0.3 is 0 Å². The average molecular weight is 534 g/mol. The molecule has 37 heavy (non-hydrogen) atoms. The number of H-pyrrole nitrogens is 1. The number of sulfonamides is 1. The largest absolute Gasteiger partial charge is 0.497 e. The van der Waals surface area contributed by atoms with E-state index in [-0.39, 0.29) is 27.0 Å². The lowest BCUT2D eigenvalue weighted by molar-refractivity contribution is 0.414. The summed E-state index contributed by atoms with van der Waals surface area (Å²) in [5, 5.41) is 0.285. The van der Waals surface area contributed by atoms with Crippen LogP contribution in [-0.4, -0.2) is 35.5 Å². The van der Waals surface area contributed by atoms with E-state index in [0.29, 0.717) is 28.4 Å². The minimum Gasteiger partial charge on any atom is -0.497 e. The van der Waals surface area contributed by atoms with E-state index >= 15 is 0 Å². The number of aromatic amines is 1. The molecule has 0 saturated heterocycles. The SMILES string of the molecule is COc1ccc(S(=O)(=O)Nc2cc(=O)c3nc(-c4cc(C)nc(Cl)c4)c(-c4ccccc4)nc3[nH]2)cc1. The van der Waals surface area contributed by atoms with Crippen molar-refractivity contribution in [1.29, 1.82) is 0 Å². The van der Waals surface area contributed by atoms with Gasteiger partial charge in [0, 0.05) is 22.9 Å². The van der Waals surface area contributed by atoms with Gasteiger partial charge < -0.3 is 9.72 Å². The number of aryl methyl sites for hydroxylation is 1. The van der Waals surface area contributed by atoms with E-state index < -0.39 is 15.5 Å². The van der Waals surface area contributed by atoms with Crippen molar-refractivity contribution in [3.05, 3.63) is 93.9 Å². The van der Waals surface area contributed by atoms with Gasteiger partial charge in [-0.3, -0.25) is 9.52 Å². The van der Waals surface area contributed by atoms with Crippen LogP contribution in [-0.2, 0) is 10.0 Å². The van der Waals surface area contributed by atoms with Crippen LogP contribution >= 0.6 is 11.6 Å². The smallest absolute Gasteiger partial charge is 0.263 e. The normalized spacial score (nSPS) is 11.4. The van der Waals surface area contributed by atoms with Crippen LogP contribution in [0.1, 0.15) is 5.69 Å². The molecule has 0 aliphatic heterocycles. The molecule has 3 heterocycles. The molecule has 5 aromatic rings. The first-order valence-electron chi connectivity index (χ1n) is 11.1. The molecule has 9 nitrogen and oxygen atoms in total. The fraction of sp³-hybridized carbons (Fsp3) is 0.0769. The Bertz CT molecular complexity index is 1770. The van der Waals surface area contributed by atoms with Crippen molar-refractivity contribution in [3.63, 3.8) is 0 Å². The van der Waals surface area contributed by atoms with Crippen LogP contribution in [0.3, 0.4) is 0 Å². The second-order valence-corrected chi connectivity index (χ2v) is 10.2. The summed E-state index contributed by atoms with van der Waals surface area (Å²) in [5.41, 5.74) is 2.68. The van der Waals surface area contributed by atoms with Gasteiger partial charge in [-0.1, -0.05) is 41.9 Å². The molecule has 0 spiro atoms. The number of benzene rings is 2. The van der Waals surface area contributed by atoms with E-state index in [1.54, 1.807) is 19.1 Å². The fourth-order valence-electron chi connectivity index (χ4n) is 3.83. The number of ether oxygens (including phenoxy) is 1. The molecule has 0 unspecified atom stereocenters. The van der Waals surface area contributed by atoms with Crippen LogP contribution in [0, 0.1) is 6.92 Å². The number of hydrogen-bond acceptors (Lipinski definition) is 7. The Balaban J connectivity index is 1.65. The third-order valence-electron chi connectivity index (χ3n) is 5.51. The number of fused-ring (bicyclic) bond motifs is 1. The Labute approximate surface area is 217 Å². The zero-order valence-corrected chi connectivity index (χ0v) is 21.3. The highest BCUT2D eigenvalue weighted by Gasteiger charge is 2.19. The minimum atomic E-state index is -3.99. The molecule has 11 heteroatoms. The van der Waals surface area contributed by atoms with Crippen LogP contribution in [0.25, 0.3) is 33.7 Å². The van der Waals surface area contributed by atoms with Gasteiger partial charge in [0.2, 0.25) is 5.43 Å². The third-order valence-corrected chi connectivity index (χ3v) is 7.09. The third kappa shape index (κ3) is 5.02. The number of nitrogens with one attached hydrogen (secondary N) is 2. The molecule has 2 N–H and O–H groups in total. The van der Waals surface area contributed by atoms with E-state index in [2.05, 4.69) is 19.7 Å². The Morgan fingerprint density at radius 3 is 2.27 bits per heavy atom. The molecule has 5 rings (SSSR count). The lowest BCUT2D eigenvalue weighted by atomic mass is 10.0. The van der Waals surface area contributed by atoms with Crippen LogP contribution in [0.5, 0.6) is 5.75 Å². The quantitative estimate of drug-likeness (QED) is 0.299. The first kappa shape index (κ1) is 24.4. The van der Waals surface area contributed by atoms with Crippen LogP contribution in [0.4, 0.5) is 5.82 Å². The Morgan fingerprint density at radius 2 is 1.59 bits per heavy atom. The molecule has 0 radical (unpaired) electrons. The number of aromatic nitrogens is 4. The lowest BCUT2D eigenvalue weighted by Gasteiger charge is -2.13. The van der Waals surface area contributed by atoms with Crippen molar-refractivity contribution in [2.24, 2.45) is 0 Å². The van der Waals surface area contributed by atoms with Gasteiger partial charge in [-0.05, 0) is 43.3 Å². The Morgan fingerprint density at radius 1 is 0.892 bits per heavy atom. The van der Waals surface area contributed by atoms with Gasteiger partial charge in [-0.2, -0.15) is 0 Å². The summed E-state index contributed by atoms with van der Waals surface area (Å²) >= 11 is 6.20. The summed E-state index contributed by atoms with van der Waals surface area (Å²) < 4.78 is 33.3. The maximum absolute atomic E-state index is 13.1. The molecule has 2 aromatic carbocycles. The van der Waals surface area contributed by atoms with Crippen molar-refractivity contribution < 1.29 is 13.2 Å². The van der Waals surface area contributed by atoms with Crippen LogP contribution < -0.4 is 14.9 Å². The standard InChI is InChI=1S/C26H20ClN5O4S/c1-15-12-17(13-21(27)28-15)24-23(16-6-4-3-5-7-16)31-26-25(30-24)20(33)14-22(29-26)32-37(34,35)19-10-8-18(36-2)9-11-19/h3-14H,1-2H3,(H2,29,31,32,33). The van der Waals surface area contributed by atoms with Gasteiger partial charge in [0.15, 0.2) is 11.2 Å². The molecule has 0 atom stereocenters. The summed E-state index contributed by atoms with van der Waals surface area (Å²) in [6, 6.07) is 19.8. The average Bonchev–Trinajstić information content (AvgIpc) is 2.88. The number of nitrogens with zero attached hydrogens (tertiary/aromatic N) is 3. The second-order valence-electron chi connectivity index (χ2n) is 8.13. The monoisotopic (exact) mass is 533 g/mol. The Kier molecular flexibility index (Phi) is 6.36. The number of halogens is 1. The molecule has 0 aliphatic carbocycles. The summed E-state index contributed by atoms with van der Waals surface area (Å²) in [6.07, 6.45) is 0. The summed E-state index contributed by atoms with van der Waals surface area (Å²) in [6.45, 7) is 1.81. The van der Waals surface area contributed by atoms with Crippen LogP contribution in [0.15, 0.2) is 82.5 Å². The highest BCUT2D eigenvalue weighted by Crippen LogP contribution is 2.31. The van der Waals surface area contributed by atoms with Gasteiger partial charge in [0.05, 0.1) is 23.4 Å². The maximum Gasteiger partial charge on any atom is 0.263 e. The second kappa shape index (κ2) is 9.64. The van der Waals surface area contributed by atoms with Crippen molar-refractivity contribution >= 4 is 38.6 Å². The predicted molar refractivity (Wildman–Crippen MR) is 142 cm³/mol. The summed E-state index contributed by atoms with van der Waals surface area (Å²) in [4.78, 5) is 29.5. The van der Waals surface area contributed by atoms with Crippen molar-refractivity contribution in [1.82, 2.24) is 19.9 Å². The predicted octanol–water partition coefficient (Wildman–Crippen LogP) is 4.82. The lowest BCUT2D eigenvalue weighted by Crippen LogP contribution is -2.17. The number of anilines is 1. The van der Waals surface area contributed by atoms with Gasteiger partial charge in [-0.25, -0.2) is 23.4 Å². The number of rotatable bonds is 6. The highest BCUT2D eigenvalue weighted by molar-refractivity contribution is 7.92. The van der Waals surface area contributed by atoms with Crippen molar-refractivity contribution in [2.45, 2.75) is 11.8 Å². The number of hydrogen-bond donors (Lipinski definition) is 2. The maximum atomic E-state index is 13.1. The van der Waals surface area contributed by atoms with Crippen molar-refractivity contribution in [3.8, 4) is 28.3 Å². The first-order chi connectivity index (χ1) is 17.7. The highest BCUT2D eigenvalue weighted by atomic mass is 35.5. The van der Waals surface area contributed by atoms with Crippen LogP contribution in [0.2, 0.25) is 5.15 Å². The summed E-state index contributed by atoms with van der Waals surface area (Å²) in [5.74, 6) is 0.473. The van der Waals surface area contributed by atoms with Gasteiger partial charge in [0.25, 0.3) is 10.0 Å². The zero-order valence-electron chi connectivity index (χ0n) is 19.7. The summed E-state index contributed by atoms with van der Waals surface area (Å²) in [7, 11) is -2.50.